The summed E-state index contributed by atoms with van der Waals surface area (Å²) in [5, 5.41) is 8.92. The quantitative estimate of drug-likeness (QED) is 0.613. The van der Waals surface area contributed by atoms with Gasteiger partial charge >= 0.3 is 12.0 Å². The number of nitrogens with one attached hydrogen (secondary N) is 3. The normalized spacial score (nSPS) is 20.4. The fraction of sp³-hybridized carbons (Fsp3) is 0.545. The van der Waals surface area contributed by atoms with E-state index in [-0.39, 0.29) is 12.0 Å². The van der Waals surface area contributed by atoms with Crippen molar-refractivity contribution in [3.8, 4) is 0 Å². The average Bonchev–Trinajstić information content (AvgIpc) is 2.73. The third-order valence-corrected chi connectivity index (χ3v) is 5.53. The summed E-state index contributed by atoms with van der Waals surface area (Å²) in [5.74, 6) is 0.114. The second-order valence-electron chi connectivity index (χ2n) is 7.53. The second kappa shape index (κ2) is 9.62. The molecule has 1 saturated carbocycles. The maximum atomic E-state index is 13.0. The summed E-state index contributed by atoms with van der Waals surface area (Å²) >= 11 is 0. The number of benzene rings is 1. The lowest BCUT2D eigenvalue weighted by atomic mass is 9.90. The van der Waals surface area contributed by atoms with E-state index in [1.54, 1.807) is 0 Å². The van der Waals surface area contributed by atoms with Gasteiger partial charge in [-0.2, -0.15) is 0 Å². The zero-order valence-electron chi connectivity index (χ0n) is 16.8. The first-order valence-corrected chi connectivity index (χ1v) is 10.4. The van der Waals surface area contributed by atoms with Crippen molar-refractivity contribution < 1.29 is 14.3 Å². The fourth-order valence-electron chi connectivity index (χ4n) is 4.01. The first kappa shape index (κ1) is 20.2. The Morgan fingerprint density at radius 2 is 1.86 bits per heavy atom. The largest absolute Gasteiger partial charge is 0.462 e. The lowest BCUT2D eigenvalue weighted by Crippen LogP contribution is -2.46. The molecule has 0 bridgehead atoms. The zero-order valence-corrected chi connectivity index (χ0v) is 16.8. The van der Waals surface area contributed by atoms with Gasteiger partial charge in [-0.1, -0.05) is 38.3 Å². The van der Waals surface area contributed by atoms with E-state index in [2.05, 4.69) is 16.0 Å². The number of carbonyl (C=O) groups excluding carboxylic acids is 2. The molecule has 1 atom stereocenters. The summed E-state index contributed by atoms with van der Waals surface area (Å²) in [6.45, 7) is 5.26. The third kappa shape index (κ3) is 4.86. The molecule has 152 valence electrons. The van der Waals surface area contributed by atoms with Gasteiger partial charge in [0, 0.05) is 17.9 Å². The number of esters is 1. The first-order chi connectivity index (χ1) is 13.6. The minimum absolute atomic E-state index is 0.290. The van der Waals surface area contributed by atoms with Gasteiger partial charge in [0.15, 0.2) is 0 Å². The number of ether oxygens (including phenoxy) is 1. The van der Waals surface area contributed by atoms with Crippen LogP contribution >= 0.6 is 0 Å². The molecule has 1 aromatic rings. The number of hydrogen-bond acceptors (Lipinski definition) is 4. The number of rotatable bonds is 7. The van der Waals surface area contributed by atoms with Crippen molar-refractivity contribution in [1.29, 1.82) is 0 Å². The van der Waals surface area contributed by atoms with Gasteiger partial charge in [-0.3, -0.25) is 0 Å². The van der Waals surface area contributed by atoms with Gasteiger partial charge in [0.05, 0.1) is 18.2 Å². The van der Waals surface area contributed by atoms with Crippen molar-refractivity contribution in [3.05, 3.63) is 41.1 Å². The van der Waals surface area contributed by atoms with Gasteiger partial charge in [0.25, 0.3) is 0 Å². The summed E-state index contributed by atoms with van der Waals surface area (Å²) in [5.41, 5.74) is 3.02. The minimum atomic E-state index is -0.502. The molecule has 0 radical (unpaired) electrons. The summed E-state index contributed by atoms with van der Waals surface area (Å²) in [6, 6.07) is 7.01. The molecule has 1 heterocycles. The smallest absolute Gasteiger partial charge is 0.338 e. The van der Waals surface area contributed by atoms with Crippen LogP contribution in [-0.4, -0.2) is 25.2 Å². The van der Waals surface area contributed by atoms with E-state index in [0.717, 1.165) is 30.6 Å². The van der Waals surface area contributed by atoms with Crippen LogP contribution in [0.2, 0.25) is 0 Å². The number of hydrogen-bond donors (Lipinski definition) is 3. The number of urea groups is 1. The summed E-state index contributed by atoms with van der Waals surface area (Å²) < 4.78 is 5.70. The standard InChI is InChI=1S/C22H31N3O3/c1-3-18-19(21(26)28-14-15-8-6-5-7-9-15)20(25-22(27)24-18)16-10-12-17(13-11-16)23-4-2/h10-13,15,20,23H,3-9,14H2,1-2H3,(H2,24,25,27). The monoisotopic (exact) mass is 385 g/mol. The Bertz CT molecular complexity index is 721. The summed E-state index contributed by atoms with van der Waals surface area (Å²) in [6.07, 6.45) is 6.51. The van der Waals surface area contributed by atoms with Gasteiger partial charge in [-0.15, -0.1) is 0 Å². The molecule has 1 aliphatic carbocycles. The molecule has 0 spiro atoms. The maximum Gasteiger partial charge on any atom is 0.338 e. The lowest BCUT2D eigenvalue weighted by molar-refractivity contribution is -0.141. The average molecular weight is 386 g/mol. The highest BCUT2D eigenvalue weighted by Crippen LogP contribution is 2.30. The van der Waals surface area contributed by atoms with E-state index in [0.29, 0.717) is 30.2 Å². The Labute approximate surface area is 167 Å². The van der Waals surface area contributed by atoms with Crippen molar-refractivity contribution in [1.82, 2.24) is 10.6 Å². The molecule has 1 aromatic carbocycles. The third-order valence-electron chi connectivity index (χ3n) is 5.53. The van der Waals surface area contributed by atoms with Gasteiger partial charge in [0.1, 0.15) is 0 Å². The second-order valence-corrected chi connectivity index (χ2v) is 7.53. The van der Waals surface area contributed by atoms with Crippen LogP contribution in [0.4, 0.5) is 10.5 Å². The van der Waals surface area contributed by atoms with E-state index in [1.165, 1.54) is 19.3 Å². The zero-order chi connectivity index (χ0) is 19.9. The highest BCUT2D eigenvalue weighted by Gasteiger charge is 2.33. The van der Waals surface area contributed by atoms with Crippen molar-refractivity contribution >= 4 is 17.7 Å². The molecule has 0 aromatic heterocycles. The molecular weight excluding hydrogens is 354 g/mol. The summed E-state index contributed by atoms with van der Waals surface area (Å²) in [4.78, 5) is 25.1. The Hall–Kier alpha value is -2.50. The molecule has 1 unspecified atom stereocenters. The molecule has 3 N–H and O–H groups in total. The molecule has 28 heavy (non-hydrogen) atoms. The molecule has 2 amide bonds. The Balaban J connectivity index is 1.80. The highest BCUT2D eigenvalue weighted by atomic mass is 16.5. The Morgan fingerprint density at radius 1 is 1.14 bits per heavy atom. The predicted octanol–water partition coefficient (Wildman–Crippen LogP) is 4.26. The van der Waals surface area contributed by atoms with Gasteiger partial charge in [-0.05, 0) is 49.8 Å². The minimum Gasteiger partial charge on any atom is -0.462 e. The van der Waals surface area contributed by atoms with Crippen LogP contribution in [0, 0.1) is 5.92 Å². The van der Waals surface area contributed by atoms with Gasteiger partial charge < -0.3 is 20.7 Å². The van der Waals surface area contributed by atoms with Crippen LogP contribution < -0.4 is 16.0 Å². The van der Waals surface area contributed by atoms with Crippen LogP contribution in [0.5, 0.6) is 0 Å². The molecule has 1 fully saturated rings. The van der Waals surface area contributed by atoms with Gasteiger partial charge in [-0.25, -0.2) is 9.59 Å². The molecule has 1 aliphatic heterocycles. The molecule has 6 heteroatoms. The first-order valence-electron chi connectivity index (χ1n) is 10.4. The van der Waals surface area contributed by atoms with Crippen molar-refractivity contribution in [2.24, 2.45) is 5.92 Å². The maximum absolute atomic E-state index is 13.0. The summed E-state index contributed by atoms with van der Waals surface area (Å²) in [7, 11) is 0. The van der Waals surface area contributed by atoms with Crippen molar-refractivity contribution in [3.63, 3.8) is 0 Å². The molecule has 2 aliphatic rings. The molecule has 0 saturated heterocycles. The Kier molecular flexibility index (Phi) is 6.95. The number of carbonyl (C=O) groups is 2. The van der Waals surface area contributed by atoms with E-state index >= 15 is 0 Å². The predicted molar refractivity (Wildman–Crippen MR) is 110 cm³/mol. The van der Waals surface area contributed by atoms with E-state index < -0.39 is 6.04 Å². The van der Waals surface area contributed by atoms with Crippen LogP contribution in [0.1, 0.15) is 64.0 Å². The van der Waals surface area contributed by atoms with E-state index in [4.69, 9.17) is 4.74 Å². The van der Waals surface area contributed by atoms with Gasteiger partial charge in [0.2, 0.25) is 0 Å². The van der Waals surface area contributed by atoms with Crippen LogP contribution in [-0.2, 0) is 9.53 Å². The molecular formula is C22H31N3O3. The Morgan fingerprint density at radius 3 is 2.50 bits per heavy atom. The van der Waals surface area contributed by atoms with E-state index in [1.807, 2.05) is 38.1 Å². The lowest BCUT2D eigenvalue weighted by Gasteiger charge is -2.30. The highest BCUT2D eigenvalue weighted by molar-refractivity contribution is 5.95. The fourth-order valence-corrected chi connectivity index (χ4v) is 4.01. The van der Waals surface area contributed by atoms with Crippen LogP contribution in [0.15, 0.2) is 35.5 Å². The SMILES string of the molecule is CCNc1ccc(C2NC(=O)NC(CC)=C2C(=O)OCC2CCCCC2)cc1. The number of amides is 2. The number of allylic oxidation sites excluding steroid dienone is 1. The molecule has 3 rings (SSSR count). The van der Waals surface area contributed by atoms with Crippen LogP contribution in [0.3, 0.4) is 0 Å². The van der Waals surface area contributed by atoms with Crippen molar-refractivity contribution in [2.75, 3.05) is 18.5 Å². The number of anilines is 1. The molecule has 6 nitrogen and oxygen atoms in total. The topological polar surface area (TPSA) is 79.5 Å². The van der Waals surface area contributed by atoms with Crippen LogP contribution in [0.25, 0.3) is 0 Å². The van der Waals surface area contributed by atoms with E-state index in [9.17, 15) is 9.59 Å². The van der Waals surface area contributed by atoms with Crippen molar-refractivity contribution in [2.45, 2.75) is 58.4 Å².